The molecule has 0 fully saturated rings. The number of hydrogen-bond acceptors (Lipinski definition) is 7. The van der Waals surface area contributed by atoms with Crippen LogP contribution in [0.25, 0.3) is 28.7 Å². The first-order valence-electron chi connectivity index (χ1n) is 9.93. The van der Waals surface area contributed by atoms with Gasteiger partial charge in [-0.1, -0.05) is 18.2 Å². The second-order valence-corrected chi connectivity index (χ2v) is 7.99. The number of thiazole rings is 1. The number of nitriles is 1. The van der Waals surface area contributed by atoms with Gasteiger partial charge in [0.05, 0.1) is 15.1 Å². The second-order valence-electron chi connectivity index (χ2n) is 6.96. The fourth-order valence-electron chi connectivity index (χ4n) is 3.24. The van der Waals surface area contributed by atoms with Crippen LogP contribution in [0, 0.1) is 21.4 Å². The average Bonchev–Trinajstić information content (AvgIpc) is 3.45. The van der Waals surface area contributed by atoms with E-state index in [-0.39, 0.29) is 20.5 Å². The van der Waals surface area contributed by atoms with Crippen LogP contribution in [0.15, 0.2) is 75.9 Å². The molecule has 9 nitrogen and oxygen atoms in total. The van der Waals surface area contributed by atoms with Crippen molar-refractivity contribution in [3.8, 4) is 23.1 Å². The lowest BCUT2D eigenvalue weighted by Crippen LogP contribution is -2.33. The zero-order valence-electron chi connectivity index (χ0n) is 17.7. The van der Waals surface area contributed by atoms with Crippen LogP contribution in [0.1, 0.15) is 5.76 Å². The minimum atomic E-state index is -0.599. The fourth-order valence-corrected chi connectivity index (χ4v) is 4.33. The van der Waals surface area contributed by atoms with Crippen LogP contribution in [0.4, 0.5) is 5.69 Å². The van der Waals surface area contributed by atoms with Crippen LogP contribution in [0.2, 0.25) is 0 Å². The van der Waals surface area contributed by atoms with Gasteiger partial charge in [-0.3, -0.25) is 24.3 Å². The molecule has 0 aliphatic carbocycles. The van der Waals surface area contributed by atoms with Crippen molar-refractivity contribution >= 4 is 34.6 Å². The molecule has 34 heavy (non-hydrogen) atoms. The molecule has 0 saturated carbocycles. The third-order valence-electron chi connectivity index (χ3n) is 4.88. The van der Waals surface area contributed by atoms with Crippen molar-refractivity contribution in [2.24, 2.45) is 0 Å². The number of hydrogen-bond donors (Lipinski definition) is 1. The average molecular weight is 472 g/mol. The van der Waals surface area contributed by atoms with Gasteiger partial charge in [-0.25, -0.2) is 0 Å². The van der Waals surface area contributed by atoms with Crippen LogP contribution in [-0.2, 0) is 4.79 Å². The highest BCUT2D eigenvalue weighted by molar-refractivity contribution is 7.07. The third-order valence-corrected chi connectivity index (χ3v) is 5.97. The third kappa shape index (κ3) is 4.28. The molecule has 2 aromatic carbocycles. The number of nitro groups is 1. The summed E-state index contributed by atoms with van der Waals surface area (Å²) >= 11 is 1.00. The van der Waals surface area contributed by atoms with Crippen molar-refractivity contribution in [1.29, 1.82) is 5.26 Å². The number of benzene rings is 2. The van der Waals surface area contributed by atoms with Gasteiger partial charge in [-0.2, -0.15) is 5.26 Å². The minimum Gasteiger partial charge on any atom is -0.457 e. The van der Waals surface area contributed by atoms with Crippen molar-refractivity contribution in [1.82, 2.24) is 9.88 Å². The van der Waals surface area contributed by atoms with E-state index in [9.17, 15) is 25.0 Å². The number of para-hydroxylation sites is 1. The lowest BCUT2D eigenvalue weighted by Gasteiger charge is -2.02. The van der Waals surface area contributed by atoms with Crippen molar-refractivity contribution in [3.05, 3.63) is 102 Å². The van der Waals surface area contributed by atoms with Crippen molar-refractivity contribution < 1.29 is 14.1 Å². The fraction of sp³-hybridized carbons (Fsp3) is 0.0417. The Morgan fingerprint density at radius 2 is 1.85 bits per heavy atom. The van der Waals surface area contributed by atoms with E-state index in [4.69, 9.17) is 4.42 Å². The summed E-state index contributed by atoms with van der Waals surface area (Å²) in [7, 11) is 1.41. The van der Waals surface area contributed by atoms with Crippen LogP contribution >= 0.6 is 11.3 Å². The van der Waals surface area contributed by atoms with Gasteiger partial charge in [0, 0.05) is 30.8 Å². The molecule has 0 bridgehead atoms. The largest absolute Gasteiger partial charge is 0.457 e. The van der Waals surface area contributed by atoms with E-state index < -0.39 is 16.4 Å². The van der Waals surface area contributed by atoms with E-state index in [1.807, 2.05) is 6.07 Å². The van der Waals surface area contributed by atoms with E-state index in [0.29, 0.717) is 22.8 Å². The number of furan rings is 1. The lowest BCUT2D eigenvalue weighted by molar-refractivity contribution is -0.384. The highest BCUT2D eigenvalue weighted by atomic mass is 32.1. The summed E-state index contributed by atoms with van der Waals surface area (Å²) in [5.41, 5.74) is 0.533. The molecule has 10 heteroatoms. The standard InChI is InChI=1S/C24H16N4O5S/c1-26-22(29)19(14-25)24-27(16-5-3-2-4-6-16)23(30)21(34-24)13-18-11-12-20(33-18)15-7-9-17(10-8-15)28(31)32/h2-13H,1H3,(H,26,29)/b21-13-,24-19-. The van der Waals surface area contributed by atoms with Gasteiger partial charge in [-0.05, 0) is 36.4 Å². The Labute approximate surface area is 196 Å². The lowest BCUT2D eigenvalue weighted by atomic mass is 10.1. The maximum Gasteiger partial charge on any atom is 0.273 e. The summed E-state index contributed by atoms with van der Waals surface area (Å²) in [4.78, 5) is 35.9. The number of carbonyl (C=O) groups is 1. The molecular formula is C24H16N4O5S. The van der Waals surface area contributed by atoms with Gasteiger partial charge < -0.3 is 9.73 Å². The molecule has 0 aliphatic rings. The number of rotatable bonds is 5. The molecular weight excluding hydrogens is 456 g/mol. The maximum absolute atomic E-state index is 13.3. The number of non-ortho nitro benzene ring substituents is 1. The van der Waals surface area contributed by atoms with Crippen molar-refractivity contribution in [2.75, 3.05) is 7.05 Å². The van der Waals surface area contributed by atoms with Crippen LogP contribution in [-0.4, -0.2) is 22.4 Å². The molecule has 4 aromatic rings. The van der Waals surface area contributed by atoms with Gasteiger partial charge in [0.1, 0.15) is 22.3 Å². The topological polar surface area (TPSA) is 131 Å². The molecule has 0 atom stereocenters. The first-order valence-corrected chi connectivity index (χ1v) is 10.7. The van der Waals surface area contributed by atoms with E-state index in [1.54, 1.807) is 54.6 Å². The summed E-state index contributed by atoms with van der Waals surface area (Å²) < 4.78 is 7.61. The molecule has 0 saturated heterocycles. The summed E-state index contributed by atoms with van der Waals surface area (Å²) in [6.07, 6.45) is 1.53. The predicted molar refractivity (Wildman–Crippen MR) is 127 cm³/mol. The Morgan fingerprint density at radius 1 is 1.15 bits per heavy atom. The molecule has 1 N–H and O–H groups in total. The zero-order chi connectivity index (χ0) is 24.2. The predicted octanol–water partition coefficient (Wildman–Crippen LogP) is 2.32. The molecule has 1 amide bonds. The second kappa shape index (κ2) is 9.40. The Bertz CT molecular complexity index is 1610. The Balaban J connectivity index is 1.87. The van der Waals surface area contributed by atoms with Gasteiger partial charge in [-0.15, -0.1) is 11.3 Å². The molecule has 4 rings (SSSR count). The van der Waals surface area contributed by atoms with Crippen LogP contribution < -0.4 is 20.1 Å². The summed E-state index contributed by atoms with van der Waals surface area (Å²) in [5.74, 6) is 0.242. The number of nitrogens with one attached hydrogen (secondary N) is 1. The highest BCUT2D eigenvalue weighted by Gasteiger charge is 2.16. The van der Waals surface area contributed by atoms with Gasteiger partial charge in [0.25, 0.3) is 17.2 Å². The smallest absolute Gasteiger partial charge is 0.273 e. The van der Waals surface area contributed by atoms with Gasteiger partial charge in [0.2, 0.25) is 0 Å². The Hall–Kier alpha value is -4.75. The quantitative estimate of drug-likeness (QED) is 0.350. The molecule has 0 radical (unpaired) electrons. The molecule has 0 unspecified atom stereocenters. The number of amides is 1. The first kappa shape index (κ1) is 22.4. The highest BCUT2D eigenvalue weighted by Crippen LogP contribution is 2.24. The van der Waals surface area contributed by atoms with E-state index >= 15 is 0 Å². The zero-order valence-corrected chi connectivity index (χ0v) is 18.5. The Kier molecular flexibility index (Phi) is 6.20. The normalized spacial score (nSPS) is 12.2. The summed E-state index contributed by atoms with van der Waals surface area (Å²) in [6, 6.07) is 19.9. The number of nitro benzene ring substituents is 1. The van der Waals surface area contributed by atoms with Crippen molar-refractivity contribution in [2.45, 2.75) is 0 Å². The van der Waals surface area contributed by atoms with E-state index in [1.165, 1.54) is 29.8 Å². The van der Waals surface area contributed by atoms with Crippen LogP contribution in [0.3, 0.4) is 0 Å². The monoisotopic (exact) mass is 472 g/mol. The molecule has 0 spiro atoms. The number of carbonyl (C=O) groups excluding carboxylic acids is 1. The summed E-state index contributed by atoms with van der Waals surface area (Å²) in [5, 5.41) is 22.9. The molecule has 168 valence electrons. The summed E-state index contributed by atoms with van der Waals surface area (Å²) in [6.45, 7) is 0. The first-order chi connectivity index (χ1) is 16.4. The Morgan fingerprint density at radius 3 is 2.47 bits per heavy atom. The SMILES string of the molecule is CNC(=O)/C(C#N)=c1\s/c(=C\c2ccc(-c3ccc([N+](=O)[O-])cc3)o2)c(=O)n1-c1ccccc1. The van der Waals surface area contributed by atoms with Gasteiger partial charge >= 0.3 is 0 Å². The maximum atomic E-state index is 13.3. The number of aromatic nitrogens is 1. The van der Waals surface area contributed by atoms with Gasteiger partial charge in [0.15, 0.2) is 5.57 Å². The van der Waals surface area contributed by atoms with Crippen LogP contribution in [0.5, 0.6) is 0 Å². The molecule has 0 aliphatic heterocycles. The molecule has 2 aromatic heterocycles. The van der Waals surface area contributed by atoms with Crippen molar-refractivity contribution in [3.63, 3.8) is 0 Å². The molecule has 2 heterocycles. The van der Waals surface area contributed by atoms with E-state index in [0.717, 1.165) is 11.3 Å². The minimum absolute atomic E-state index is 0.0321. The van der Waals surface area contributed by atoms with E-state index in [2.05, 4.69) is 5.32 Å². The number of nitrogens with zero attached hydrogens (tertiary/aromatic N) is 3.